The summed E-state index contributed by atoms with van der Waals surface area (Å²) in [6.45, 7) is 26.8. The van der Waals surface area contributed by atoms with E-state index in [2.05, 4.69) is 56.8 Å². The van der Waals surface area contributed by atoms with Crippen LogP contribution in [0.2, 0.25) is 35.2 Å². The van der Waals surface area contributed by atoms with E-state index in [1.54, 1.807) is 225 Å². The summed E-state index contributed by atoms with van der Waals surface area (Å²) < 4.78 is 43.6. The van der Waals surface area contributed by atoms with Gasteiger partial charge in [-0.05, 0) is 189 Å². The standard InChI is InChI=1S/2C16H20ClNO4S.C14H16ClNO4S.C14H14ClNO3S.C12H10ClNO3S.C11H10ClNOS.C7H4ClNS.C7H12O4.3CH4.B.Na.H2/c1-4-21-15(19)13(16(20)22-5-2)14(23-6-3)18-12-10-8-7-9-11(12)17;1-4-18(12-10-8-7-9-11(12)17)14(23)13(15(19)21-5-2)16(20)22-6-3;1-3-19-13(17)11(14(18)20-4-2)12(21)16-10-8-6-5-7-9(10)15;1-3-19-14(18)10-12(17)8-6-5-7-9(15)11(8)16-13(10)20-4-2;1-2-18-11-8(12(16)17)10(15)6-4-3-5-7(13)9(6)14-11;1-2-15-10-6-9(14)7-4-3-5-8(12)11(7)13-10;8-6-3-1-2-4-7(6)9-5-10;1-3-10-6(8)5-7(9)11-4-2;;;;;;/h2*7-10,13H,4-6H2,1-3H3;5-8,11H,3-4H2,1-2H3,(H,16,21);5-7H,3-4H2,1-2H3,(H,16,17);3-5H,2H2,1H3,(H,14,15)(H,16,17);3-6H,2H2,1H3,(H,13,14);1-4H;3-5H2,1-2H3;3*1H4;;;1H/q;;;;;;;;;;;;+1;/p-1/i;;;;;;;;;;;;;1+1. The first-order valence-electron chi connectivity index (χ1n) is 43.4. The molecule has 0 unspecified atom stereocenters. The van der Waals surface area contributed by atoms with E-state index in [9.17, 15) is 62.3 Å². The zero-order valence-electron chi connectivity index (χ0n) is 80.6. The number of aromatic amines is 3. The third kappa shape index (κ3) is 46.0. The molecule has 0 spiro atoms. The number of ether oxygens (including phenoxy) is 9. The second-order valence-electron chi connectivity index (χ2n) is 26.6. The van der Waals surface area contributed by atoms with Crippen LogP contribution in [0.3, 0.4) is 0 Å². The zero-order valence-corrected chi connectivity index (χ0v) is 93.7. The van der Waals surface area contributed by atoms with E-state index >= 15 is 0 Å². The third-order valence-corrected chi connectivity index (χ3v) is 23.8. The Morgan fingerprint density at radius 1 is 0.425 bits per heavy atom. The van der Waals surface area contributed by atoms with Crippen LogP contribution in [0.4, 0.5) is 22.7 Å². The minimum atomic E-state index is -1.36. The first-order chi connectivity index (χ1) is 67.4. The molecule has 0 aliphatic heterocycles. The molecule has 3 heterocycles. The van der Waals surface area contributed by atoms with Crippen LogP contribution in [0.25, 0.3) is 32.7 Å². The van der Waals surface area contributed by atoms with Crippen molar-refractivity contribution in [3.63, 3.8) is 0 Å². The predicted octanol–water partition coefficient (Wildman–Crippen LogP) is 21.9. The Morgan fingerprint density at radius 2 is 0.767 bits per heavy atom. The van der Waals surface area contributed by atoms with Gasteiger partial charge in [0.25, 0.3) is 0 Å². The Morgan fingerprint density at radius 3 is 1.14 bits per heavy atom. The van der Waals surface area contributed by atoms with E-state index in [0.717, 1.165) is 22.0 Å². The number of carbonyl (C=O) groups excluding carboxylic acids is 9. The summed E-state index contributed by atoms with van der Waals surface area (Å²) in [6, 6.07) is 44.8. The van der Waals surface area contributed by atoms with Gasteiger partial charge in [0.05, 0.1) is 159 Å². The van der Waals surface area contributed by atoms with Crippen LogP contribution in [0.5, 0.6) is 0 Å². The van der Waals surface area contributed by atoms with Crippen molar-refractivity contribution in [2.24, 2.45) is 32.7 Å². The molecule has 0 saturated carbocycles. The molecule has 0 saturated heterocycles. The van der Waals surface area contributed by atoms with Crippen molar-refractivity contribution in [3.05, 3.63) is 235 Å². The number of isothiocyanates is 1. The van der Waals surface area contributed by atoms with Crippen molar-refractivity contribution in [2.75, 3.05) is 93.9 Å². The molecule has 30 nitrogen and oxygen atoms in total. The summed E-state index contributed by atoms with van der Waals surface area (Å²) in [7, 11) is 0. The average Bonchev–Trinajstić information content (AvgIpc) is 0.774. The first-order valence-corrected chi connectivity index (χ1v) is 51.2. The number of fused-ring (bicyclic) bond motifs is 3. The van der Waals surface area contributed by atoms with E-state index < -0.39 is 82.9 Å². The Labute approximate surface area is 943 Å². The fourth-order valence-corrected chi connectivity index (χ4v) is 16.7. The Balaban J connectivity index is -0.000000799. The molecule has 7 aromatic carbocycles. The molecule has 0 aliphatic carbocycles. The minimum absolute atomic E-state index is 0. The van der Waals surface area contributed by atoms with E-state index in [0.29, 0.717) is 118 Å². The van der Waals surface area contributed by atoms with Crippen molar-refractivity contribution in [3.8, 4) is 0 Å². The number of aliphatic imine (C=N–C) groups is 3. The normalized spacial score (nSPS) is 10.2. The van der Waals surface area contributed by atoms with Gasteiger partial charge in [0.2, 0.25) is 22.7 Å². The molecule has 10 rings (SSSR count). The Kier molecular flexibility index (Phi) is 75.1. The van der Waals surface area contributed by atoms with Gasteiger partial charge in [0.1, 0.15) is 22.5 Å². The number of nitrogens with zero attached hydrogens (tertiary/aromatic N) is 4. The first kappa shape index (κ1) is 141. The quantitative estimate of drug-likeness (QED) is 0.00335. The van der Waals surface area contributed by atoms with Crippen molar-refractivity contribution in [1.29, 1.82) is 0 Å². The number of carboxylic acid groups (broad SMARTS) is 1. The molecule has 0 fully saturated rings. The molecule has 787 valence electrons. The number of para-hydroxylation sites is 7. The van der Waals surface area contributed by atoms with Crippen molar-refractivity contribution in [2.45, 2.75) is 141 Å². The zero-order chi connectivity index (χ0) is 105. The van der Waals surface area contributed by atoms with Gasteiger partial charge in [-0.15, -0.1) is 47.0 Å². The molecule has 0 amide bonds. The van der Waals surface area contributed by atoms with Crippen LogP contribution >= 0.6 is 153 Å². The van der Waals surface area contributed by atoms with Crippen LogP contribution in [0, 0.1) is 17.8 Å². The number of nitrogens with one attached hydrogen (secondary N) is 3. The fraction of sp³-hybridized carbons (Fsp3) is 0.350. The molecule has 3 radical (unpaired) electrons. The molecule has 0 aliphatic rings. The number of benzene rings is 7. The maximum atomic E-state index is 12.5. The number of halogens is 7. The van der Waals surface area contributed by atoms with Gasteiger partial charge in [0, 0.05) is 38.6 Å². The summed E-state index contributed by atoms with van der Waals surface area (Å²) in [5.74, 6) is -8.16. The summed E-state index contributed by atoms with van der Waals surface area (Å²) in [6.07, 6.45) is -0.290. The molecule has 146 heavy (non-hydrogen) atoms. The Hall–Kier alpha value is -9.39. The second-order valence-corrected chi connectivity index (χ2v) is 35.7. The summed E-state index contributed by atoms with van der Waals surface area (Å²) in [5.41, 5.74) is 2.89. The number of anilines is 1. The van der Waals surface area contributed by atoms with E-state index in [4.69, 9.17) is 144 Å². The fourth-order valence-electron chi connectivity index (χ4n) is 11.4. The number of carboxylic acids is 1. The number of thioether (sulfide) groups is 4. The van der Waals surface area contributed by atoms with Crippen LogP contribution in [0.15, 0.2) is 202 Å². The van der Waals surface area contributed by atoms with Crippen molar-refractivity contribution >= 4 is 309 Å². The maximum Gasteiger partial charge on any atom is 1.00 e. The number of rotatable bonds is 34. The average molecular weight is 2290 g/mol. The molecule has 46 heteroatoms. The second kappa shape index (κ2) is 77.9. The summed E-state index contributed by atoms with van der Waals surface area (Å²) in [4.78, 5) is 176. The molecular formula is C100H119BCl7N7NaO23S7. The third-order valence-electron chi connectivity index (χ3n) is 17.2. The summed E-state index contributed by atoms with van der Waals surface area (Å²) in [5, 5.41) is 17.9. The minimum Gasteiger partial charge on any atom is -0.763 e. The molecule has 3 aromatic heterocycles. The van der Waals surface area contributed by atoms with E-state index in [1.807, 2.05) is 46.8 Å². The number of aromatic nitrogens is 3. The van der Waals surface area contributed by atoms with Crippen LogP contribution in [-0.2, 0) is 93.6 Å². The van der Waals surface area contributed by atoms with Gasteiger partial charge in [-0.2, -0.15) is 4.99 Å². The van der Waals surface area contributed by atoms with Gasteiger partial charge in [-0.25, -0.2) is 14.6 Å². The van der Waals surface area contributed by atoms with Gasteiger partial charge in [-0.3, -0.25) is 57.7 Å². The number of pyridine rings is 3. The topological polar surface area (TPSA) is 413 Å². The van der Waals surface area contributed by atoms with E-state index in [-0.39, 0.29) is 160 Å². The number of hydrogen-bond acceptors (Lipinski definition) is 32. The Bertz CT molecular complexity index is 6190. The molecule has 0 atom stereocenters. The largest absolute Gasteiger partial charge is 1.00 e. The van der Waals surface area contributed by atoms with Crippen LogP contribution < -0.4 is 50.7 Å². The monoisotopic (exact) mass is 2290 g/mol. The molecule has 0 bridgehead atoms. The SMILES string of the molecule is C.C.C.CCOC(=O)C(C(=O)OCC)C(=Nc1ccccc1Cl)SCC.CCOC(=O)C(C(=O)OCC)C(=S)N(CC)c1ccccc1Cl.CCOC(=O)C(C(=O)OCC)C([S-])=Nc1ccccc1Cl.CCOC(=O)CC(=O)OCC.CCOC(=O)c1c(SCC)[nH]c2c(Cl)cccc2c1=O.CCSc1[nH]c2c(Cl)cccc2c(=O)c1C(=O)O.CCSc1cc(=O)c2cccc(Cl)c2[nH]1.S=C=Nc1ccccc1Cl.[2HH].[B].[Na+]. The van der Waals surface area contributed by atoms with Crippen molar-refractivity contribution < 1.29 is 127 Å². The van der Waals surface area contributed by atoms with Crippen LogP contribution in [0.1, 0.15) is 148 Å². The molecular weight excluding hydrogens is 2170 g/mol. The van der Waals surface area contributed by atoms with E-state index in [1.165, 1.54) is 35.3 Å². The smallest absolute Gasteiger partial charge is 0.763 e. The number of esters is 9. The number of aromatic carboxylic acids is 1. The van der Waals surface area contributed by atoms with Crippen LogP contribution in [-0.4, -0.2) is 197 Å². The number of hydrogen-bond donors (Lipinski definition) is 4. The number of thiocarbonyl (C=S) groups is 2. The molecule has 4 N–H and O–H groups in total. The summed E-state index contributed by atoms with van der Waals surface area (Å²) >= 11 is 62.5. The number of H-pyrrole nitrogens is 3. The van der Waals surface area contributed by atoms with Gasteiger partial charge >= 0.3 is 89.3 Å². The van der Waals surface area contributed by atoms with Gasteiger partial charge in [-0.1, -0.05) is 215 Å². The predicted molar refractivity (Wildman–Crippen MR) is 603 cm³/mol. The van der Waals surface area contributed by atoms with Gasteiger partial charge in [0.15, 0.2) is 11.3 Å². The van der Waals surface area contributed by atoms with Crippen molar-refractivity contribution in [1.82, 2.24) is 15.0 Å². The van der Waals surface area contributed by atoms with Gasteiger partial charge < -0.3 is 80.2 Å². The number of carbonyl (C=O) groups is 10. The maximum absolute atomic E-state index is 12.5. The molecule has 10 aromatic rings.